The Morgan fingerprint density at radius 1 is 1.00 bits per heavy atom. The molecule has 0 aromatic heterocycles. The number of carbonyl (C=O) groups excluding carboxylic acids is 2. The average molecular weight is 527 g/mol. The van der Waals surface area contributed by atoms with Crippen LogP contribution in [-0.4, -0.2) is 59.9 Å². The summed E-state index contributed by atoms with van der Waals surface area (Å²) in [6.07, 6.45) is 8.14. The molecule has 39 heavy (non-hydrogen) atoms. The summed E-state index contributed by atoms with van der Waals surface area (Å²) in [4.78, 5) is 26.9. The molecule has 4 bridgehead atoms. The number of phenolic OH excluding ortho intramolecular Hbond substituents is 1. The van der Waals surface area contributed by atoms with Crippen LogP contribution in [0.3, 0.4) is 0 Å². The van der Waals surface area contributed by atoms with Crippen molar-refractivity contribution < 1.29 is 19.4 Å². The zero-order valence-corrected chi connectivity index (χ0v) is 22.7. The number of likely N-dealkylation sites (tertiary alicyclic amines) is 1. The molecule has 6 heteroatoms. The standard InChI is InChI=1S/C17H19NO3.C16H19NO/c1-18-7-6-17-10-3-5-13(20)16(17)21-15-12(19)4-2-9(14(15)17)8-11(10)18;18-12-5-6-14-15-9-11-3-1-2-4-13(11)16(14,10-12)7-8-17-15/h2,4,10-11,16,19H,3,5-8H2,1H3;1-4,14-15,17H,5-10H2/t10-,11+,16-,17-;14-,15+,16+/m00/s1. The van der Waals surface area contributed by atoms with Gasteiger partial charge in [-0.2, -0.15) is 0 Å². The minimum atomic E-state index is -0.366. The predicted molar refractivity (Wildman–Crippen MR) is 147 cm³/mol. The van der Waals surface area contributed by atoms with E-state index < -0.39 is 0 Å². The number of hydrogen-bond donors (Lipinski definition) is 2. The van der Waals surface area contributed by atoms with Crippen molar-refractivity contribution in [2.45, 2.75) is 86.8 Å². The second kappa shape index (κ2) is 8.40. The third-order valence-corrected chi connectivity index (χ3v) is 11.8. The van der Waals surface area contributed by atoms with Crippen LogP contribution in [0.15, 0.2) is 36.4 Å². The monoisotopic (exact) mass is 526 g/mol. The highest BCUT2D eigenvalue weighted by molar-refractivity contribution is 5.89. The van der Waals surface area contributed by atoms with E-state index >= 15 is 0 Å². The van der Waals surface area contributed by atoms with Crippen molar-refractivity contribution in [3.05, 3.63) is 58.7 Å². The maximum atomic E-state index is 12.5. The Bertz CT molecular complexity index is 1390. The molecule has 2 aromatic carbocycles. The van der Waals surface area contributed by atoms with Gasteiger partial charge in [0.15, 0.2) is 23.4 Å². The molecule has 1 spiro atoms. The summed E-state index contributed by atoms with van der Waals surface area (Å²) in [5.41, 5.74) is 5.39. The van der Waals surface area contributed by atoms with Gasteiger partial charge in [-0.3, -0.25) is 9.59 Å². The molecular weight excluding hydrogens is 488 g/mol. The van der Waals surface area contributed by atoms with Crippen LogP contribution < -0.4 is 10.1 Å². The van der Waals surface area contributed by atoms with Gasteiger partial charge in [-0.25, -0.2) is 0 Å². The summed E-state index contributed by atoms with van der Waals surface area (Å²) in [5.74, 6) is 2.65. The van der Waals surface area contributed by atoms with Gasteiger partial charge in [0.1, 0.15) is 5.78 Å². The van der Waals surface area contributed by atoms with Crippen LogP contribution in [0, 0.1) is 11.8 Å². The summed E-state index contributed by atoms with van der Waals surface area (Å²) >= 11 is 0. The average Bonchev–Trinajstić information content (AvgIpc) is 3.29. The fraction of sp³-hybridized carbons (Fsp3) is 0.576. The molecule has 3 heterocycles. The molecule has 204 valence electrons. The van der Waals surface area contributed by atoms with E-state index in [0.29, 0.717) is 41.9 Å². The second-order valence-corrected chi connectivity index (χ2v) is 13.3. The van der Waals surface area contributed by atoms with Gasteiger partial charge in [-0.1, -0.05) is 30.3 Å². The van der Waals surface area contributed by atoms with Crippen molar-refractivity contribution >= 4 is 11.6 Å². The zero-order chi connectivity index (χ0) is 26.5. The number of phenols is 1. The van der Waals surface area contributed by atoms with Crippen LogP contribution in [0.2, 0.25) is 0 Å². The van der Waals surface area contributed by atoms with Gasteiger partial charge in [-0.15, -0.1) is 0 Å². The van der Waals surface area contributed by atoms with Crippen molar-refractivity contribution in [1.82, 2.24) is 10.2 Å². The van der Waals surface area contributed by atoms with E-state index in [-0.39, 0.29) is 28.5 Å². The molecule has 9 rings (SSSR count). The van der Waals surface area contributed by atoms with Gasteiger partial charge in [0.25, 0.3) is 0 Å². The molecule has 4 aliphatic carbocycles. The van der Waals surface area contributed by atoms with E-state index in [1.807, 2.05) is 6.07 Å². The lowest BCUT2D eigenvalue weighted by molar-refractivity contribution is -0.138. The van der Waals surface area contributed by atoms with Crippen molar-refractivity contribution in [3.8, 4) is 11.5 Å². The third-order valence-electron chi connectivity index (χ3n) is 11.8. The fourth-order valence-electron chi connectivity index (χ4n) is 10.2. The Kier molecular flexibility index (Phi) is 5.20. The third kappa shape index (κ3) is 3.16. The van der Waals surface area contributed by atoms with E-state index in [9.17, 15) is 14.7 Å². The molecule has 2 saturated heterocycles. The first kappa shape index (κ1) is 24.1. The summed E-state index contributed by atoms with van der Waals surface area (Å²) in [7, 11) is 2.20. The molecule has 0 amide bonds. The Balaban J connectivity index is 0.000000122. The van der Waals surface area contributed by atoms with Gasteiger partial charge >= 0.3 is 0 Å². The number of Topliss-reactive ketones (excluding diaryl/α,β-unsaturated/α-hetero) is 2. The largest absolute Gasteiger partial charge is 0.504 e. The SMILES string of the molecule is CN1CC[C@]23c4c5ccc(O)c4O[C@H]2C(=O)CC[C@H]3[C@H]1C5.O=C1CC[C@H]2[C@H]3Cc4ccccc4[C@@]2(CCN3)C1. The first-order chi connectivity index (χ1) is 18.9. The summed E-state index contributed by atoms with van der Waals surface area (Å²) < 4.78 is 6.04. The highest BCUT2D eigenvalue weighted by atomic mass is 16.5. The number of rotatable bonds is 0. The number of carbonyl (C=O) groups is 2. The van der Waals surface area contributed by atoms with Crippen molar-refractivity contribution in [1.29, 1.82) is 0 Å². The molecule has 2 N–H and O–H groups in total. The molecule has 7 atom stereocenters. The number of hydrogen-bond acceptors (Lipinski definition) is 6. The number of nitrogens with one attached hydrogen (secondary N) is 1. The summed E-state index contributed by atoms with van der Waals surface area (Å²) in [6.45, 7) is 2.08. The van der Waals surface area contributed by atoms with Crippen LogP contribution in [-0.2, 0) is 33.3 Å². The molecule has 6 nitrogen and oxygen atoms in total. The Hall–Kier alpha value is -2.70. The van der Waals surface area contributed by atoms with Crippen molar-refractivity contribution in [2.75, 3.05) is 20.1 Å². The maximum Gasteiger partial charge on any atom is 0.174 e. The second-order valence-electron chi connectivity index (χ2n) is 13.3. The number of piperidine rings is 2. The summed E-state index contributed by atoms with van der Waals surface area (Å²) in [6, 6.07) is 13.7. The Labute approximate surface area is 230 Å². The van der Waals surface area contributed by atoms with Crippen LogP contribution >= 0.6 is 0 Å². The van der Waals surface area contributed by atoms with E-state index in [4.69, 9.17) is 4.74 Å². The Morgan fingerprint density at radius 2 is 1.85 bits per heavy atom. The normalized spacial score (nSPS) is 38.9. The molecular formula is C33H38N2O4. The highest BCUT2D eigenvalue weighted by Gasteiger charge is 2.65. The number of fused-ring (bicyclic) bond motifs is 1. The number of ether oxygens (including phenoxy) is 1. The molecule has 4 fully saturated rings. The van der Waals surface area contributed by atoms with Crippen LogP contribution in [0.25, 0.3) is 0 Å². The molecule has 7 aliphatic rings. The molecule has 0 unspecified atom stereocenters. The predicted octanol–water partition coefficient (Wildman–Crippen LogP) is 3.84. The van der Waals surface area contributed by atoms with E-state index in [1.165, 1.54) is 16.7 Å². The lowest BCUT2D eigenvalue weighted by Crippen LogP contribution is -2.65. The van der Waals surface area contributed by atoms with E-state index in [2.05, 4.69) is 41.5 Å². The van der Waals surface area contributed by atoms with Gasteiger partial charge in [-0.05, 0) is 93.3 Å². The number of ketones is 2. The molecule has 3 aliphatic heterocycles. The topological polar surface area (TPSA) is 78.9 Å². The first-order valence-electron chi connectivity index (χ1n) is 15.0. The van der Waals surface area contributed by atoms with Crippen LogP contribution in [0.1, 0.15) is 67.2 Å². The van der Waals surface area contributed by atoms with Gasteiger partial charge < -0.3 is 20.1 Å². The van der Waals surface area contributed by atoms with Crippen LogP contribution in [0.4, 0.5) is 0 Å². The quantitative estimate of drug-likeness (QED) is 0.543. The van der Waals surface area contributed by atoms with Crippen LogP contribution in [0.5, 0.6) is 11.5 Å². The molecule has 2 aromatic rings. The van der Waals surface area contributed by atoms with Gasteiger partial charge in [0, 0.05) is 47.7 Å². The maximum absolute atomic E-state index is 12.5. The van der Waals surface area contributed by atoms with Crippen molar-refractivity contribution in [3.63, 3.8) is 0 Å². The Morgan fingerprint density at radius 3 is 2.74 bits per heavy atom. The number of benzene rings is 2. The molecule has 0 radical (unpaired) electrons. The lowest BCUT2D eigenvalue weighted by atomic mass is 9.52. The summed E-state index contributed by atoms with van der Waals surface area (Å²) in [5, 5.41) is 13.9. The number of nitrogens with zero attached hydrogens (tertiary/aromatic N) is 1. The minimum absolute atomic E-state index is 0.167. The van der Waals surface area contributed by atoms with Gasteiger partial charge in [0.2, 0.25) is 0 Å². The number of likely N-dealkylation sites (N-methyl/N-ethyl adjacent to an activating group) is 1. The smallest absolute Gasteiger partial charge is 0.174 e. The van der Waals surface area contributed by atoms with E-state index in [0.717, 1.165) is 70.0 Å². The fourth-order valence-corrected chi connectivity index (χ4v) is 10.2. The molecule has 2 saturated carbocycles. The van der Waals surface area contributed by atoms with Crippen molar-refractivity contribution in [2.24, 2.45) is 11.8 Å². The lowest BCUT2D eigenvalue weighted by Gasteiger charge is -2.57. The first-order valence-corrected chi connectivity index (χ1v) is 15.0. The highest BCUT2D eigenvalue weighted by Crippen LogP contribution is 2.63. The number of aromatic hydroxyl groups is 1. The van der Waals surface area contributed by atoms with E-state index in [1.54, 1.807) is 6.07 Å². The van der Waals surface area contributed by atoms with Gasteiger partial charge in [0.05, 0.1) is 0 Å². The minimum Gasteiger partial charge on any atom is -0.504 e. The zero-order valence-electron chi connectivity index (χ0n) is 22.7.